The van der Waals surface area contributed by atoms with E-state index in [2.05, 4.69) is 15.3 Å². The van der Waals surface area contributed by atoms with Gasteiger partial charge in [-0.15, -0.1) is 11.3 Å². The van der Waals surface area contributed by atoms with Crippen LogP contribution in [0.25, 0.3) is 0 Å². The lowest BCUT2D eigenvalue weighted by atomic mass is 10.2. The second-order valence-corrected chi connectivity index (χ2v) is 5.54. The van der Waals surface area contributed by atoms with Crippen molar-refractivity contribution >= 4 is 17.0 Å². The van der Waals surface area contributed by atoms with E-state index in [0.717, 1.165) is 16.4 Å². The molecular formula is C15H20N2O2S. The zero-order chi connectivity index (χ0) is 14.5. The molecule has 0 unspecified atom stereocenters. The Morgan fingerprint density at radius 2 is 2.25 bits per heavy atom. The monoisotopic (exact) mass is 292 g/mol. The van der Waals surface area contributed by atoms with Crippen LogP contribution in [0.4, 0.5) is 5.69 Å². The maximum Gasteiger partial charge on any atom is 0.122 e. The van der Waals surface area contributed by atoms with Crippen molar-refractivity contribution in [3.05, 3.63) is 40.3 Å². The number of hydrogen-bond donors (Lipinski definition) is 1. The van der Waals surface area contributed by atoms with E-state index < -0.39 is 0 Å². The molecule has 1 heterocycles. The van der Waals surface area contributed by atoms with Crippen molar-refractivity contribution in [1.82, 2.24) is 4.98 Å². The van der Waals surface area contributed by atoms with Crippen molar-refractivity contribution in [3.8, 4) is 5.75 Å². The highest BCUT2D eigenvalue weighted by atomic mass is 32.1. The van der Waals surface area contributed by atoms with Gasteiger partial charge in [0.25, 0.3) is 0 Å². The molecule has 1 N–H and O–H groups in total. The summed E-state index contributed by atoms with van der Waals surface area (Å²) in [5.41, 5.74) is 1.99. The number of aromatic hydroxyl groups is 1. The zero-order valence-corrected chi connectivity index (χ0v) is 12.9. The molecule has 20 heavy (non-hydrogen) atoms. The van der Waals surface area contributed by atoms with Gasteiger partial charge in [0.05, 0.1) is 12.2 Å². The molecule has 2 rings (SSSR count). The fraction of sp³-hybridized carbons (Fsp3) is 0.400. The molecule has 108 valence electrons. The fourth-order valence-corrected chi connectivity index (χ4v) is 2.78. The normalized spacial score (nSPS) is 12.3. The number of phenolic OH excluding ortho intramolecular Hbond substituents is 1. The van der Waals surface area contributed by atoms with Gasteiger partial charge in [0.15, 0.2) is 0 Å². The summed E-state index contributed by atoms with van der Waals surface area (Å²) < 4.78 is 5.55. The molecule has 0 amide bonds. The molecule has 0 spiro atoms. The Balaban J connectivity index is 2.03. The number of phenols is 1. The topological polar surface area (TPSA) is 45.6 Å². The van der Waals surface area contributed by atoms with Gasteiger partial charge in [-0.3, -0.25) is 0 Å². The van der Waals surface area contributed by atoms with Crippen LogP contribution in [0.3, 0.4) is 0 Å². The van der Waals surface area contributed by atoms with Crippen LogP contribution in [0.2, 0.25) is 0 Å². The first kappa shape index (κ1) is 14.8. The Bertz CT molecular complexity index is 556. The Morgan fingerprint density at radius 1 is 1.45 bits per heavy atom. The molecule has 0 bridgehead atoms. The smallest absolute Gasteiger partial charge is 0.122 e. The first-order chi connectivity index (χ1) is 9.60. The average molecular weight is 292 g/mol. The SMILES string of the molecule is CCO[C@@H](C)c1nc(CN(C)c2cccc(O)c2)cs1. The first-order valence-electron chi connectivity index (χ1n) is 6.66. The highest BCUT2D eigenvalue weighted by molar-refractivity contribution is 7.09. The van der Waals surface area contributed by atoms with Gasteiger partial charge in [-0.25, -0.2) is 4.98 Å². The number of anilines is 1. The highest BCUT2D eigenvalue weighted by Crippen LogP contribution is 2.24. The van der Waals surface area contributed by atoms with E-state index in [1.807, 2.05) is 33.0 Å². The van der Waals surface area contributed by atoms with E-state index in [1.165, 1.54) is 0 Å². The summed E-state index contributed by atoms with van der Waals surface area (Å²) in [7, 11) is 1.99. The van der Waals surface area contributed by atoms with Crippen LogP contribution in [0.5, 0.6) is 5.75 Å². The van der Waals surface area contributed by atoms with Gasteiger partial charge in [-0.2, -0.15) is 0 Å². The van der Waals surface area contributed by atoms with Gasteiger partial charge >= 0.3 is 0 Å². The molecule has 0 aliphatic carbocycles. The number of thiazole rings is 1. The Hall–Kier alpha value is -1.59. The number of ether oxygens (including phenoxy) is 1. The zero-order valence-electron chi connectivity index (χ0n) is 12.0. The lowest BCUT2D eigenvalue weighted by Gasteiger charge is -2.18. The maximum absolute atomic E-state index is 9.51. The van der Waals surface area contributed by atoms with Crippen molar-refractivity contribution in [1.29, 1.82) is 0 Å². The molecular weight excluding hydrogens is 272 g/mol. The van der Waals surface area contributed by atoms with Gasteiger partial charge in [-0.1, -0.05) is 6.07 Å². The van der Waals surface area contributed by atoms with E-state index in [9.17, 15) is 5.11 Å². The molecule has 0 aliphatic rings. The Morgan fingerprint density at radius 3 is 2.95 bits per heavy atom. The lowest BCUT2D eigenvalue weighted by Crippen LogP contribution is -2.16. The van der Waals surface area contributed by atoms with Crippen LogP contribution in [0.1, 0.15) is 30.7 Å². The van der Waals surface area contributed by atoms with Crippen LogP contribution >= 0.6 is 11.3 Å². The Kier molecular flexibility index (Phi) is 4.98. The maximum atomic E-state index is 9.51. The third kappa shape index (κ3) is 3.71. The van der Waals surface area contributed by atoms with Crippen LogP contribution in [0.15, 0.2) is 29.6 Å². The predicted octanol–water partition coefficient (Wildman–Crippen LogP) is 3.58. The summed E-state index contributed by atoms with van der Waals surface area (Å²) in [4.78, 5) is 6.67. The van der Waals surface area contributed by atoms with Crippen LogP contribution in [0, 0.1) is 0 Å². The summed E-state index contributed by atoms with van der Waals surface area (Å²) in [5.74, 6) is 0.276. The molecule has 1 aromatic heterocycles. The molecule has 0 aliphatic heterocycles. The van der Waals surface area contributed by atoms with Gasteiger partial charge < -0.3 is 14.7 Å². The first-order valence-corrected chi connectivity index (χ1v) is 7.54. The minimum atomic E-state index is 0.0461. The van der Waals surface area contributed by atoms with Crippen molar-refractivity contribution < 1.29 is 9.84 Å². The van der Waals surface area contributed by atoms with Gasteiger partial charge in [0.1, 0.15) is 16.9 Å². The van der Waals surface area contributed by atoms with Gasteiger partial charge in [-0.05, 0) is 26.0 Å². The highest BCUT2D eigenvalue weighted by Gasteiger charge is 2.11. The third-order valence-corrected chi connectivity index (χ3v) is 4.06. The van der Waals surface area contributed by atoms with E-state index in [0.29, 0.717) is 13.2 Å². The molecule has 5 heteroatoms. The van der Waals surface area contributed by atoms with Crippen LogP contribution in [-0.4, -0.2) is 23.7 Å². The third-order valence-electron chi connectivity index (χ3n) is 3.00. The Labute approximate surface area is 123 Å². The number of benzene rings is 1. The summed E-state index contributed by atoms with van der Waals surface area (Å²) in [5, 5.41) is 12.6. The summed E-state index contributed by atoms with van der Waals surface area (Å²) in [6.45, 7) is 5.41. The van der Waals surface area contributed by atoms with E-state index >= 15 is 0 Å². The van der Waals surface area contributed by atoms with E-state index in [1.54, 1.807) is 23.5 Å². The number of rotatable bonds is 6. The molecule has 1 atom stereocenters. The molecule has 0 saturated heterocycles. The summed E-state index contributed by atoms with van der Waals surface area (Å²) in [6.07, 6.45) is 0.0461. The average Bonchev–Trinajstić information content (AvgIpc) is 2.87. The standard InChI is InChI=1S/C15H20N2O2S/c1-4-19-11(2)15-16-12(10-20-15)9-17(3)13-6-5-7-14(18)8-13/h5-8,10-11,18H,4,9H2,1-3H3/t11-/m0/s1. The predicted molar refractivity (Wildman–Crippen MR) is 82.4 cm³/mol. The van der Waals surface area contributed by atoms with Crippen molar-refractivity contribution in [2.75, 3.05) is 18.6 Å². The van der Waals surface area contributed by atoms with Crippen LogP contribution < -0.4 is 4.90 Å². The number of aromatic nitrogens is 1. The van der Waals surface area contributed by atoms with E-state index in [-0.39, 0.29) is 11.9 Å². The molecule has 2 aromatic rings. The second kappa shape index (κ2) is 6.72. The minimum Gasteiger partial charge on any atom is -0.508 e. The minimum absolute atomic E-state index is 0.0461. The van der Waals surface area contributed by atoms with E-state index in [4.69, 9.17) is 4.74 Å². The number of hydrogen-bond acceptors (Lipinski definition) is 5. The molecule has 0 fully saturated rings. The summed E-state index contributed by atoms with van der Waals surface area (Å²) in [6, 6.07) is 7.22. The van der Waals surface area contributed by atoms with Crippen molar-refractivity contribution in [2.45, 2.75) is 26.5 Å². The largest absolute Gasteiger partial charge is 0.508 e. The van der Waals surface area contributed by atoms with Crippen molar-refractivity contribution in [3.63, 3.8) is 0 Å². The second-order valence-electron chi connectivity index (χ2n) is 4.65. The molecule has 1 aromatic carbocycles. The fourth-order valence-electron chi connectivity index (χ4n) is 1.97. The van der Waals surface area contributed by atoms with Gasteiger partial charge in [0, 0.05) is 30.8 Å². The number of nitrogens with zero attached hydrogens (tertiary/aromatic N) is 2. The molecule has 0 saturated carbocycles. The quantitative estimate of drug-likeness (QED) is 0.884. The van der Waals surface area contributed by atoms with Gasteiger partial charge in [0.2, 0.25) is 0 Å². The van der Waals surface area contributed by atoms with Crippen LogP contribution in [-0.2, 0) is 11.3 Å². The molecule has 0 radical (unpaired) electrons. The summed E-state index contributed by atoms with van der Waals surface area (Å²) >= 11 is 1.63. The van der Waals surface area contributed by atoms with Crippen molar-refractivity contribution in [2.24, 2.45) is 0 Å². The lowest BCUT2D eigenvalue weighted by molar-refractivity contribution is 0.0761. The molecule has 4 nitrogen and oxygen atoms in total.